The Balaban J connectivity index is 1.39. The highest BCUT2D eigenvalue weighted by molar-refractivity contribution is 6.10. The van der Waals surface area contributed by atoms with E-state index in [2.05, 4.69) is 72.0 Å². The van der Waals surface area contributed by atoms with Crippen molar-refractivity contribution in [3.05, 3.63) is 83.9 Å². The average molecular weight is 595 g/mol. The largest absolute Gasteiger partial charge is 0.492 e. The summed E-state index contributed by atoms with van der Waals surface area (Å²) in [6.07, 6.45) is 0.327. The van der Waals surface area contributed by atoms with Gasteiger partial charge in [0, 0.05) is 31.4 Å². The summed E-state index contributed by atoms with van der Waals surface area (Å²) in [6.45, 7) is 12.4. The van der Waals surface area contributed by atoms with Gasteiger partial charge in [0.25, 0.3) is 0 Å². The molecular weight excluding hydrogens is 552 g/mol. The van der Waals surface area contributed by atoms with Gasteiger partial charge in [0.15, 0.2) is 5.75 Å². The molecule has 8 nitrogen and oxygen atoms in total. The van der Waals surface area contributed by atoms with Crippen LogP contribution in [-0.2, 0) is 21.5 Å². The van der Waals surface area contributed by atoms with Gasteiger partial charge in [0.1, 0.15) is 0 Å². The minimum absolute atomic E-state index is 0.136. The number of fused-ring (bicyclic) bond motifs is 1. The molecule has 0 radical (unpaired) electrons. The van der Waals surface area contributed by atoms with Crippen LogP contribution in [0.5, 0.6) is 5.75 Å². The smallest absolute Gasteiger partial charge is 0.323 e. The lowest BCUT2D eigenvalue weighted by atomic mass is 9.86. The highest BCUT2D eigenvalue weighted by atomic mass is 16.5. The monoisotopic (exact) mass is 594 g/mol. The summed E-state index contributed by atoms with van der Waals surface area (Å²) in [5.41, 5.74) is 5.90. The maximum absolute atomic E-state index is 13.4. The fourth-order valence-corrected chi connectivity index (χ4v) is 5.45. The van der Waals surface area contributed by atoms with Crippen molar-refractivity contribution in [2.45, 2.75) is 46.1 Å². The van der Waals surface area contributed by atoms with Crippen LogP contribution in [0.4, 0.5) is 21.9 Å². The van der Waals surface area contributed by atoms with Crippen LogP contribution in [-0.4, -0.2) is 50.3 Å². The second-order valence-electron chi connectivity index (χ2n) is 12.1. The van der Waals surface area contributed by atoms with Crippen LogP contribution in [0.3, 0.4) is 0 Å². The summed E-state index contributed by atoms with van der Waals surface area (Å²) >= 11 is 0. The van der Waals surface area contributed by atoms with Gasteiger partial charge in [-0.1, -0.05) is 82.3 Å². The summed E-state index contributed by atoms with van der Waals surface area (Å²) < 4.78 is 11.1. The number of amides is 3. The van der Waals surface area contributed by atoms with Gasteiger partial charge in [0.2, 0.25) is 5.91 Å². The molecule has 0 unspecified atom stereocenters. The first-order valence-corrected chi connectivity index (χ1v) is 15.2. The molecular formula is C36H42N4O4. The van der Waals surface area contributed by atoms with Gasteiger partial charge in [-0.05, 0) is 51.3 Å². The van der Waals surface area contributed by atoms with Crippen molar-refractivity contribution >= 4 is 39.8 Å². The van der Waals surface area contributed by atoms with Crippen LogP contribution >= 0.6 is 0 Å². The zero-order valence-electron chi connectivity index (χ0n) is 26.3. The van der Waals surface area contributed by atoms with Crippen LogP contribution in [0.25, 0.3) is 21.9 Å². The van der Waals surface area contributed by atoms with E-state index in [-0.39, 0.29) is 11.3 Å². The molecule has 0 bridgehead atoms. The van der Waals surface area contributed by atoms with Crippen molar-refractivity contribution in [2.24, 2.45) is 0 Å². The van der Waals surface area contributed by atoms with Gasteiger partial charge < -0.3 is 25.4 Å². The normalized spacial score (nSPS) is 13.8. The molecule has 4 aromatic carbocycles. The third-order valence-corrected chi connectivity index (χ3v) is 7.95. The molecule has 1 aliphatic heterocycles. The molecule has 1 heterocycles. The minimum Gasteiger partial charge on any atom is -0.492 e. The molecule has 1 saturated heterocycles. The molecule has 44 heavy (non-hydrogen) atoms. The lowest BCUT2D eigenvalue weighted by Crippen LogP contribution is -2.35. The molecule has 0 atom stereocenters. The molecule has 1 fully saturated rings. The molecule has 8 heteroatoms. The first kappa shape index (κ1) is 31.0. The zero-order valence-corrected chi connectivity index (χ0v) is 26.3. The number of benzene rings is 4. The molecule has 1 aliphatic rings. The molecule has 3 N–H and O–H groups in total. The van der Waals surface area contributed by atoms with Crippen molar-refractivity contribution in [1.82, 2.24) is 4.90 Å². The Morgan fingerprint density at radius 3 is 2.11 bits per heavy atom. The van der Waals surface area contributed by atoms with E-state index in [9.17, 15) is 9.59 Å². The maximum atomic E-state index is 13.4. The standard InChI is InChI=1S/C36H42N4O4/c1-6-33(41)37-31-21-26(36(2,3)4)22-32(34(31)43-5)39-35(42)38-30-16-15-27(28-9-7-8-10-29(28)30)25-13-11-24(12-14-25)23-40-17-19-44-20-18-40/h7-16,21-22H,6,17-20,23H2,1-5H3,(H,37,41)(H2,38,39,42). The third kappa shape index (κ3) is 7.21. The van der Waals surface area contributed by atoms with Gasteiger partial charge in [-0.2, -0.15) is 0 Å². The molecule has 3 amide bonds. The predicted octanol–water partition coefficient (Wildman–Crippen LogP) is 7.64. The maximum Gasteiger partial charge on any atom is 0.323 e. The lowest BCUT2D eigenvalue weighted by Gasteiger charge is -2.26. The van der Waals surface area contributed by atoms with Crippen molar-refractivity contribution < 1.29 is 19.1 Å². The quantitative estimate of drug-likeness (QED) is 0.195. The van der Waals surface area contributed by atoms with Crippen LogP contribution in [0.15, 0.2) is 72.8 Å². The van der Waals surface area contributed by atoms with Crippen molar-refractivity contribution in [1.29, 1.82) is 0 Å². The average Bonchev–Trinajstić information content (AvgIpc) is 3.01. The number of rotatable bonds is 8. The highest BCUT2D eigenvalue weighted by Gasteiger charge is 2.22. The van der Waals surface area contributed by atoms with E-state index in [4.69, 9.17) is 9.47 Å². The Morgan fingerprint density at radius 2 is 1.48 bits per heavy atom. The van der Waals surface area contributed by atoms with E-state index in [1.807, 2.05) is 42.5 Å². The number of nitrogens with zero attached hydrogens (tertiary/aromatic N) is 1. The molecule has 4 aromatic rings. The number of hydrogen-bond donors (Lipinski definition) is 3. The van der Waals surface area contributed by atoms with Crippen molar-refractivity contribution in [2.75, 3.05) is 49.4 Å². The fraction of sp³-hybridized carbons (Fsp3) is 0.333. The summed E-state index contributed by atoms with van der Waals surface area (Å²) in [6, 6.07) is 24.2. The Morgan fingerprint density at radius 1 is 0.841 bits per heavy atom. The molecule has 5 rings (SSSR count). The molecule has 0 aromatic heterocycles. The Hall–Kier alpha value is -4.40. The summed E-state index contributed by atoms with van der Waals surface area (Å²) in [7, 11) is 1.53. The van der Waals surface area contributed by atoms with Gasteiger partial charge in [0.05, 0.1) is 37.4 Å². The number of carbonyl (C=O) groups excluding carboxylic acids is 2. The zero-order chi connectivity index (χ0) is 31.3. The molecule has 0 aliphatic carbocycles. The van der Waals surface area contributed by atoms with E-state index >= 15 is 0 Å². The van der Waals surface area contributed by atoms with E-state index in [1.165, 1.54) is 12.7 Å². The van der Waals surface area contributed by atoms with Crippen molar-refractivity contribution in [3.63, 3.8) is 0 Å². The number of carbonyl (C=O) groups is 2. The number of urea groups is 1. The Kier molecular flexibility index (Phi) is 9.52. The number of morpholine rings is 1. The van der Waals surface area contributed by atoms with Crippen LogP contribution in [0.1, 0.15) is 45.2 Å². The summed E-state index contributed by atoms with van der Waals surface area (Å²) in [5.74, 6) is 0.260. The molecule has 230 valence electrons. The predicted molar refractivity (Wildman–Crippen MR) is 179 cm³/mol. The van der Waals surface area contributed by atoms with Crippen LogP contribution in [0, 0.1) is 0 Å². The second-order valence-corrected chi connectivity index (χ2v) is 12.1. The van der Waals surface area contributed by atoms with E-state index in [0.717, 1.165) is 60.3 Å². The molecule has 0 saturated carbocycles. The SMILES string of the molecule is CCC(=O)Nc1cc(C(C)(C)C)cc(NC(=O)Nc2ccc(-c3ccc(CN4CCOCC4)cc3)c3ccccc23)c1OC. The van der Waals surface area contributed by atoms with Gasteiger partial charge in [-0.15, -0.1) is 0 Å². The van der Waals surface area contributed by atoms with E-state index in [0.29, 0.717) is 29.2 Å². The van der Waals surface area contributed by atoms with Gasteiger partial charge in [-0.3, -0.25) is 9.69 Å². The Bertz CT molecular complexity index is 1640. The number of methoxy groups -OCH3 is 1. The lowest BCUT2D eigenvalue weighted by molar-refractivity contribution is -0.115. The summed E-state index contributed by atoms with van der Waals surface area (Å²) in [5, 5.41) is 10.9. The number of hydrogen-bond acceptors (Lipinski definition) is 5. The van der Waals surface area contributed by atoms with Crippen molar-refractivity contribution in [3.8, 4) is 16.9 Å². The number of nitrogens with one attached hydrogen (secondary N) is 3. The van der Waals surface area contributed by atoms with E-state index < -0.39 is 6.03 Å². The van der Waals surface area contributed by atoms with Gasteiger partial charge in [-0.25, -0.2) is 4.79 Å². The number of ether oxygens (including phenoxy) is 2. The second kappa shape index (κ2) is 13.5. The first-order valence-electron chi connectivity index (χ1n) is 15.2. The first-order chi connectivity index (χ1) is 21.2. The fourth-order valence-electron chi connectivity index (χ4n) is 5.45. The summed E-state index contributed by atoms with van der Waals surface area (Å²) in [4.78, 5) is 28.1. The van der Waals surface area contributed by atoms with Crippen LogP contribution < -0.4 is 20.7 Å². The molecule has 0 spiro atoms. The van der Waals surface area contributed by atoms with Crippen LogP contribution in [0.2, 0.25) is 0 Å². The van der Waals surface area contributed by atoms with Gasteiger partial charge >= 0.3 is 6.03 Å². The third-order valence-electron chi connectivity index (χ3n) is 7.95. The van der Waals surface area contributed by atoms with E-state index in [1.54, 1.807) is 6.92 Å². The topological polar surface area (TPSA) is 91.9 Å². The Labute approximate surface area is 259 Å². The highest BCUT2D eigenvalue weighted by Crippen LogP contribution is 2.39. The number of anilines is 3. The minimum atomic E-state index is -0.410.